The van der Waals surface area contributed by atoms with Crippen LogP contribution in [-0.4, -0.2) is 37.9 Å². The molecule has 0 N–H and O–H groups in total. The van der Waals surface area contributed by atoms with Crippen LogP contribution >= 0.6 is 0 Å². The normalized spacial score (nSPS) is 21.9. The lowest BCUT2D eigenvalue weighted by Gasteiger charge is -2.39. The number of nitro groups is 1. The molecule has 0 aromatic heterocycles. The minimum Gasteiger partial charge on any atom is -0.378 e. The van der Waals surface area contributed by atoms with Gasteiger partial charge in [-0.1, -0.05) is 44.2 Å². The van der Waals surface area contributed by atoms with Crippen molar-refractivity contribution < 1.29 is 9.66 Å². The van der Waals surface area contributed by atoms with Crippen LogP contribution in [-0.2, 0) is 10.2 Å². The van der Waals surface area contributed by atoms with Crippen LogP contribution in [0, 0.1) is 10.1 Å². The Hall–Kier alpha value is -3.12. The summed E-state index contributed by atoms with van der Waals surface area (Å²) in [5.41, 5.74) is 3.28. The molecule has 4 rings (SSSR count). The fourth-order valence-corrected chi connectivity index (χ4v) is 4.50. The maximum atomic E-state index is 11.3. The lowest BCUT2D eigenvalue weighted by atomic mass is 9.77. The highest BCUT2D eigenvalue weighted by Crippen LogP contribution is 2.55. The van der Waals surface area contributed by atoms with Crippen molar-refractivity contribution in [3.05, 3.63) is 81.9 Å². The fraction of sp³-hybridized carbons (Fsp3) is 0.333. The van der Waals surface area contributed by atoms with Crippen LogP contribution in [0.2, 0.25) is 0 Å². The molecule has 2 heterocycles. The summed E-state index contributed by atoms with van der Waals surface area (Å²) in [6.07, 6.45) is 8.17. The molecule has 30 heavy (non-hydrogen) atoms. The number of rotatable bonds is 5. The molecule has 6 nitrogen and oxygen atoms in total. The van der Waals surface area contributed by atoms with Gasteiger partial charge in [-0.2, -0.15) is 0 Å². The van der Waals surface area contributed by atoms with Crippen LogP contribution in [0.3, 0.4) is 0 Å². The number of hydrogen-bond acceptors (Lipinski definition) is 5. The molecule has 1 fully saturated rings. The topological polar surface area (TPSA) is 58.8 Å². The first-order chi connectivity index (χ1) is 14.3. The fourth-order valence-electron chi connectivity index (χ4n) is 4.50. The number of nitro benzene ring substituents is 1. The van der Waals surface area contributed by atoms with E-state index in [1.165, 1.54) is 0 Å². The summed E-state index contributed by atoms with van der Waals surface area (Å²) in [5, 5.41) is 11.3. The molecule has 0 bridgehead atoms. The van der Waals surface area contributed by atoms with Gasteiger partial charge in [-0.05, 0) is 35.4 Å². The van der Waals surface area contributed by atoms with Crippen molar-refractivity contribution in [1.29, 1.82) is 0 Å². The van der Waals surface area contributed by atoms with Crippen LogP contribution in [0.5, 0.6) is 0 Å². The molecule has 0 radical (unpaired) electrons. The van der Waals surface area contributed by atoms with Gasteiger partial charge in [0.15, 0.2) is 5.72 Å². The SMILES string of the molecule is CN(C)c1ccc(/C=C/C=C/C23OCCN2c2ccc([N+](=O)[O-])cc2C3(C)C)cc1. The summed E-state index contributed by atoms with van der Waals surface area (Å²) in [4.78, 5) is 15.2. The molecule has 1 atom stereocenters. The Labute approximate surface area is 177 Å². The molecule has 2 aliphatic heterocycles. The highest BCUT2D eigenvalue weighted by Gasteiger charge is 2.59. The lowest BCUT2D eigenvalue weighted by molar-refractivity contribution is -0.384. The first-order valence-corrected chi connectivity index (χ1v) is 10.1. The standard InChI is InChI=1S/C24H27N3O3/c1-23(2)21-17-20(27(28)29)12-13-22(21)26-15-16-30-24(23,26)14-6-5-7-18-8-10-19(11-9-18)25(3)4/h5-14,17H,15-16H2,1-4H3/b7-5+,14-6+. The molecule has 0 amide bonds. The van der Waals surface area contributed by atoms with Gasteiger partial charge in [-0.25, -0.2) is 0 Å². The monoisotopic (exact) mass is 405 g/mol. The van der Waals surface area contributed by atoms with Gasteiger partial charge in [-0.15, -0.1) is 0 Å². The van der Waals surface area contributed by atoms with Crippen LogP contribution < -0.4 is 9.80 Å². The number of allylic oxidation sites excluding steroid dienone is 2. The highest BCUT2D eigenvalue weighted by atomic mass is 16.6. The van der Waals surface area contributed by atoms with Crippen LogP contribution in [0.4, 0.5) is 17.1 Å². The molecule has 0 spiro atoms. The van der Waals surface area contributed by atoms with Crippen molar-refractivity contribution in [2.24, 2.45) is 0 Å². The van der Waals surface area contributed by atoms with Gasteiger partial charge < -0.3 is 14.5 Å². The minimum absolute atomic E-state index is 0.114. The number of fused-ring (bicyclic) bond motifs is 3. The lowest BCUT2D eigenvalue weighted by Crippen LogP contribution is -2.51. The van der Waals surface area contributed by atoms with E-state index in [1.54, 1.807) is 12.1 Å². The van der Waals surface area contributed by atoms with Gasteiger partial charge in [0.05, 0.1) is 11.5 Å². The van der Waals surface area contributed by atoms with Crippen molar-refractivity contribution in [3.63, 3.8) is 0 Å². The second-order valence-electron chi connectivity index (χ2n) is 8.48. The Morgan fingerprint density at radius 2 is 1.87 bits per heavy atom. The zero-order valence-corrected chi connectivity index (χ0v) is 17.8. The second kappa shape index (κ2) is 7.29. The van der Waals surface area contributed by atoms with Crippen molar-refractivity contribution in [3.8, 4) is 0 Å². The Balaban J connectivity index is 1.61. The van der Waals surface area contributed by atoms with Gasteiger partial charge >= 0.3 is 0 Å². The molecule has 1 unspecified atom stereocenters. The van der Waals surface area contributed by atoms with E-state index in [2.05, 4.69) is 60.1 Å². The van der Waals surface area contributed by atoms with E-state index < -0.39 is 11.1 Å². The minimum atomic E-state index is -0.649. The summed E-state index contributed by atoms with van der Waals surface area (Å²) in [7, 11) is 4.05. The third-order valence-electron chi connectivity index (χ3n) is 6.22. The van der Waals surface area contributed by atoms with Crippen LogP contribution in [0.15, 0.2) is 60.7 Å². The number of benzene rings is 2. The first-order valence-electron chi connectivity index (χ1n) is 10.1. The highest BCUT2D eigenvalue weighted by molar-refractivity contribution is 5.70. The zero-order valence-electron chi connectivity index (χ0n) is 17.8. The summed E-state index contributed by atoms with van der Waals surface area (Å²) in [5.74, 6) is 0. The molecule has 0 aliphatic carbocycles. The van der Waals surface area contributed by atoms with Crippen molar-refractivity contribution in [1.82, 2.24) is 0 Å². The van der Waals surface area contributed by atoms with E-state index in [4.69, 9.17) is 4.74 Å². The molecular weight excluding hydrogens is 378 g/mol. The van der Waals surface area contributed by atoms with Gasteiger partial charge in [0, 0.05) is 49.6 Å². The van der Waals surface area contributed by atoms with Crippen molar-refractivity contribution >= 4 is 23.1 Å². The smallest absolute Gasteiger partial charge is 0.269 e. The predicted octanol–water partition coefficient (Wildman–Crippen LogP) is 4.75. The average molecular weight is 405 g/mol. The van der Waals surface area contributed by atoms with E-state index in [0.717, 1.165) is 29.0 Å². The summed E-state index contributed by atoms with van der Waals surface area (Å²) < 4.78 is 6.29. The molecule has 1 saturated heterocycles. The summed E-state index contributed by atoms with van der Waals surface area (Å²) in [6, 6.07) is 13.5. The van der Waals surface area contributed by atoms with Crippen LogP contribution in [0.1, 0.15) is 25.0 Å². The molecule has 2 aromatic rings. The van der Waals surface area contributed by atoms with Gasteiger partial charge in [0.2, 0.25) is 0 Å². The third kappa shape index (κ3) is 3.08. The predicted molar refractivity (Wildman–Crippen MR) is 121 cm³/mol. The molecule has 6 heteroatoms. The molecule has 156 valence electrons. The second-order valence-corrected chi connectivity index (χ2v) is 8.48. The first kappa shape index (κ1) is 20.2. The quantitative estimate of drug-likeness (QED) is 0.408. The van der Waals surface area contributed by atoms with Gasteiger partial charge in [-0.3, -0.25) is 10.1 Å². The Morgan fingerprint density at radius 3 is 2.53 bits per heavy atom. The number of ether oxygens (including phenoxy) is 1. The maximum absolute atomic E-state index is 11.3. The average Bonchev–Trinajstić information content (AvgIpc) is 3.22. The van der Waals surface area contributed by atoms with Crippen LogP contribution in [0.25, 0.3) is 6.08 Å². The molecular formula is C24H27N3O3. The zero-order chi connectivity index (χ0) is 21.5. The number of anilines is 2. The number of nitrogens with zero attached hydrogens (tertiary/aromatic N) is 3. The third-order valence-corrected chi connectivity index (χ3v) is 6.22. The van der Waals surface area contributed by atoms with Gasteiger partial charge in [0.25, 0.3) is 5.69 Å². The van der Waals surface area contributed by atoms with Gasteiger partial charge in [0.1, 0.15) is 0 Å². The van der Waals surface area contributed by atoms with E-state index in [9.17, 15) is 10.1 Å². The summed E-state index contributed by atoms with van der Waals surface area (Å²) in [6.45, 7) is 5.57. The molecule has 2 aromatic carbocycles. The Kier molecular flexibility index (Phi) is 4.90. The Morgan fingerprint density at radius 1 is 1.13 bits per heavy atom. The Bertz CT molecular complexity index is 1020. The van der Waals surface area contributed by atoms with E-state index in [-0.39, 0.29) is 10.6 Å². The molecule has 2 aliphatic rings. The number of hydrogen-bond donors (Lipinski definition) is 0. The largest absolute Gasteiger partial charge is 0.378 e. The maximum Gasteiger partial charge on any atom is 0.269 e. The summed E-state index contributed by atoms with van der Waals surface area (Å²) >= 11 is 0. The van der Waals surface area contributed by atoms with E-state index >= 15 is 0 Å². The molecule has 0 saturated carbocycles. The van der Waals surface area contributed by atoms with E-state index in [1.807, 2.05) is 32.3 Å². The van der Waals surface area contributed by atoms with Crippen molar-refractivity contribution in [2.45, 2.75) is 25.0 Å². The van der Waals surface area contributed by atoms with E-state index in [0.29, 0.717) is 6.61 Å². The van der Waals surface area contributed by atoms with Crippen molar-refractivity contribution in [2.75, 3.05) is 37.0 Å². The number of non-ortho nitro benzene ring substituents is 1.